The lowest BCUT2D eigenvalue weighted by atomic mass is 10.0. The van der Waals surface area contributed by atoms with Crippen molar-refractivity contribution in [1.29, 1.82) is 0 Å². The molecule has 2 unspecified atom stereocenters. The lowest BCUT2D eigenvalue weighted by Gasteiger charge is -2.42. The standard InChI is InChI=1S/C11H23NOS/c1-9(7-14)5-12-6-10(2)13-11(3,4)8-12/h9-10,14H,5-8H2,1-4H3. The fourth-order valence-corrected chi connectivity index (χ4v) is 2.34. The van der Waals surface area contributed by atoms with Crippen LogP contribution < -0.4 is 0 Å². The van der Waals surface area contributed by atoms with Gasteiger partial charge in [-0.2, -0.15) is 12.6 Å². The Hall–Kier alpha value is 0.270. The monoisotopic (exact) mass is 217 g/mol. The van der Waals surface area contributed by atoms with Gasteiger partial charge in [-0.3, -0.25) is 4.90 Å². The Bertz CT molecular complexity index is 184. The molecule has 0 N–H and O–H groups in total. The lowest BCUT2D eigenvalue weighted by Crippen LogP contribution is -2.52. The zero-order valence-electron chi connectivity index (χ0n) is 9.79. The topological polar surface area (TPSA) is 12.5 Å². The summed E-state index contributed by atoms with van der Waals surface area (Å²) >= 11 is 4.32. The Balaban J connectivity index is 2.45. The highest BCUT2D eigenvalue weighted by Gasteiger charge is 2.31. The van der Waals surface area contributed by atoms with Crippen molar-refractivity contribution in [2.75, 3.05) is 25.4 Å². The van der Waals surface area contributed by atoms with Gasteiger partial charge in [-0.25, -0.2) is 0 Å². The minimum absolute atomic E-state index is 0.00792. The van der Waals surface area contributed by atoms with Gasteiger partial charge in [0.15, 0.2) is 0 Å². The summed E-state index contributed by atoms with van der Waals surface area (Å²) in [6.45, 7) is 12.0. The molecule has 0 bridgehead atoms. The van der Waals surface area contributed by atoms with Crippen molar-refractivity contribution >= 4 is 12.6 Å². The zero-order chi connectivity index (χ0) is 10.8. The van der Waals surface area contributed by atoms with Crippen molar-refractivity contribution in [3.05, 3.63) is 0 Å². The van der Waals surface area contributed by atoms with Gasteiger partial charge in [-0.15, -0.1) is 0 Å². The molecular formula is C11H23NOS. The highest BCUT2D eigenvalue weighted by Crippen LogP contribution is 2.21. The van der Waals surface area contributed by atoms with Crippen molar-refractivity contribution in [1.82, 2.24) is 4.90 Å². The summed E-state index contributed by atoms with van der Waals surface area (Å²) in [5.41, 5.74) is 0.00792. The highest BCUT2D eigenvalue weighted by molar-refractivity contribution is 7.80. The SMILES string of the molecule is CC(CS)CN1CC(C)OC(C)(C)C1. The maximum Gasteiger partial charge on any atom is 0.0757 e. The van der Waals surface area contributed by atoms with Crippen LogP contribution in [0.25, 0.3) is 0 Å². The minimum Gasteiger partial charge on any atom is -0.370 e. The van der Waals surface area contributed by atoms with Crippen LogP contribution in [0.4, 0.5) is 0 Å². The Morgan fingerprint density at radius 1 is 1.57 bits per heavy atom. The van der Waals surface area contributed by atoms with E-state index in [4.69, 9.17) is 4.74 Å². The molecule has 14 heavy (non-hydrogen) atoms. The van der Waals surface area contributed by atoms with Gasteiger partial charge < -0.3 is 4.74 Å². The quantitative estimate of drug-likeness (QED) is 0.726. The van der Waals surface area contributed by atoms with E-state index in [0.717, 1.165) is 25.4 Å². The predicted molar refractivity (Wildman–Crippen MR) is 64.1 cm³/mol. The average Bonchev–Trinajstić information content (AvgIpc) is 1.99. The van der Waals surface area contributed by atoms with Crippen LogP contribution in [0.15, 0.2) is 0 Å². The Labute approximate surface area is 93.4 Å². The molecule has 1 heterocycles. The van der Waals surface area contributed by atoms with Gasteiger partial charge >= 0.3 is 0 Å². The van der Waals surface area contributed by atoms with E-state index in [-0.39, 0.29) is 5.60 Å². The van der Waals surface area contributed by atoms with E-state index in [0.29, 0.717) is 12.0 Å². The van der Waals surface area contributed by atoms with E-state index in [1.54, 1.807) is 0 Å². The fourth-order valence-electron chi connectivity index (χ4n) is 2.22. The summed E-state index contributed by atoms with van der Waals surface area (Å²) in [6.07, 6.45) is 0.353. The highest BCUT2D eigenvalue weighted by atomic mass is 32.1. The second-order valence-corrected chi connectivity index (χ2v) is 5.54. The van der Waals surface area contributed by atoms with E-state index >= 15 is 0 Å². The summed E-state index contributed by atoms with van der Waals surface area (Å²) in [6, 6.07) is 0. The first kappa shape index (κ1) is 12.3. The van der Waals surface area contributed by atoms with Crippen LogP contribution in [0.1, 0.15) is 27.7 Å². The summed E-state index contributed by atoms with van der Waals surface area (Å²) in [5.74, 6) is 1.63. The molecule has 0 saturated carbocycles. The Morgan fingerprint density at radius 2 is 2.21 bits per heavy atom. The van der Waals surface area contributed by atoms with Crippen molar-refractivity contribution in [2.24, 2.45) is 5.92 Å². The molecule has 2 nitrogen and oxygen atoms in total. The van der Waals surface area contributed by atoms with E-state index < -0.39 is 0 Å². The van der Waals surface area contributed by atoms with Crippen LogP contribution in [-0.2, 0) is 4.74 Å². The first-order chi connectivity index (χ1) is 6.43. The number of ether oxygens (including phenoxy) is 1. The van der Waals surface area contributed by atoms with Gasteiger partial charge in [0.05, 0.1) is 11.7 Å². The maximum atomic E-state index is 5.86. The molecule has 84 valence electrons. The normalized spacial score (nSPS) is 30.2. The van der Waals surface area contributed by atoms with Gasteiger partial charge in [0.25, 0.3) is 0 Å². The van der Waals surface area contributed by atoms with Gasteiger partial charge in [0.2, 0.25) is 0 Å². The number of hydrogen-bond acceptors (Lipinski definition) is 3. The molecular weight excluding hydrogens is 194 g/mol. The van der Waals surface area contributed by atoms with Gasteiger partial charge in [-0.05, 0) is 32.4 Å². The van der Waals surface area contributed by atoms with Crippen molar-refractivity contribution in [3.63, 3.8) is 0 Å². The first-order valence-electron chi connectivity index (χ1n) is 5.44. The molecule has 1 aliphatic rings. The third kappa shape index (κ3) is 3.79. The van der Waals surface area contributed by atoms with Crippen molar-refractivity contribution < 1.29 is 4.74 Å². The van der Waals surface area contributed by atoms with Crippen LogP contribution in [0.2, 0.25) is 0 Å². The molecule has 0 amide bonds. The summed E-state index contributed by atoms with van der Waals surface area (Å²) in [5, 5.41) is 0. The Kier molecular flexibility index (Phi) is 4.29. The smallest absolute Gasteiger partial charge is 0.0757 e. The average molecular weight is 217 g/mol. The lowest BCUT2D eigenvalue weighted by molar-refractivity contribution is -0.130. The molecule has 1 aliphatic heterocycles. The Morgan fingerprint density at radius 3 is 2.71 bits per heavy atom. The summed E-state index contributed by atoms with van der Waals surface area (Å²) in [7, 11) is 0. The molecule has 1 rings (SSSR count). The van der Waals surface area contributed by atoms with E-state index in [1.807, 2.05) is 0 Å². The van der Waals surface area contributed by atoms with Gasteiger partial charge in [0.1, 0.15) is 0 Å². The fraction of sp³-hybridized carbons (Fsp3) is 1.00. The molecule has 3 heteroatoms. The summed E-state index contributed by atoms with van der Waals surface area (Å²) < 4.78 is 5.86. The van der Waals surface area contributed by atoms with E-state index in [1.165, 1.54) is 0 Å². The molecule has 0 radical (unpaired) electrons. The molecule has 1 fully saturated rings. The molecule has 0 aromatic heterocycles. The van der Waals surface area contributed by atoms with E-state index in [2.05, 4.69) is 45.2 Å². The number of thiol groups is 1. The van der Waals surface area contributed by atoms with Gasteiger partial charge in [-0.1, -0.05) is 6.92 Å². The summed E-state index contributed by atoms with van der Waals surface area (Å²) in [4.78, 5) is 2.50. The van der Waals surface area contributed by atoms with E-state index in [9.17, 15) is 0 Å². The molecule has 1 saturated heterocycles. The maximum absolute atomic E-state index is 5.86. The third-order valence-electron chi connectivity index (χ3n) is 2.52. The van der Waals surface area contributed by atoms with Crippen LogP contribution in [-0.4, -0.2) is 42.0 Å². The second-order valence-electron chi connectivity index (χ2n) is 5.17. The molecule has 0 spiro atoms. The largest absolute Gasteiger partial charge is 0.370 e. The van der Waals surface area contributed by atoms with Crippen LogP contribution in [0.5, 0.6) is 0 Å². The first-order valence-corrected chi connectivity index (χ1v) is 6.07. The van der Waals surface area contributed by atoms with Crippen molar-refractivity contribution in [3.8, 4) is 0 Å². The third-order valence-corrected chi connectivity index (χ3v) is 3.14. The number of nitrogens with zero attached hydrogens (tertiary/aromatic N) is 1. The van der Waals surface area contributed by atoms with Crippen LogP contribution in [0, 0.1) is 5.92 Å². The van der Waals surface area contributed by atoms with Crippen LogP contribution in [0.3, 0.4) is 0 Å². The molecule has 0 aliphatic carbocycles. The zero-order valence-corrected chi connectivity index (χ0v) is 10.7. The number of rotatable bonds is 3. The predicted octanol–water partition coefficient (Wildman–Crippen LogP) is 2.05. The van der Waals surface area contributed by atoms with Crippen LogP contribution >= 0.6 is 12.6 Å². The molecule has 0 aromatic rings. The van der Waals surface area contributed by atoms with Gasteiger partial charge in [0, 0.05) is 19.6 Å². The number of morpholine rings is 1. The number of hydrogen-bond donors (Lipinski definition) is 1. The van der Waals surface area contributed by atoms with Crippen molar-refractivity contribution in [2.45, 2.75) is 39.4 Å². The minimum atomic E-state index is 0.00792. The molecule has 0 aromatic carbocycles. The second kappa shape index (κ2) is 4.86. The molecule has 2 atom stereocenters.